The summed E-state index contributed by atoms with van der Waals surface area (Å²) in [7, 11) is 0. The number of carbonyl (C=O) groups is 1. The van der Waals surface area contributed by atoms with Crippen LogP contribution in [-0.4, -0.2) is 40.2 Å². The second-order valence-corrected chi connectivity index (χ2v) is 8.00. The average Bonchev–Trinajstić information content (AvgIpc) is 2.68. The zero-order valence-electron chi connectivity index (χ0n) is 16.1. The van der Waals surface area contributed by atoms with Gasteiger partial charge >= 0.3 is 5.97 Å². The highest BCUT2D eigenvalue weighted by atomic mass is 16.4. The number of phenols is 1. The number of hydrogen-bond acceptors (Lipinski definition) is 3. The molecule has 0 radical (unpaired) electrons. The van der Waals surface area contributed by atoms with E-state index in [2.05, 4.69) is 29.2 Å². The predicted molar refractivity (Wildman–Crippen MR) is 109 cm³/mol. The number of aliphatic carboxylic acids is 1. The molecule has 28 heavy (non-hydrogen) atoms. The molecule has 146 valence electrons. The Bertz CT molecular complexity index is 876. The van der Waals surface area contributed by atoms with Gasteiger partial charge < -0.3 is 10.2 Å². The summed E-state index contributed by atoms with van der Waals surface area (Å²) in [6.07, 6.45) is 6.31. The molecule has 1 aliphatic carbocycles. The van der Waals surface area contributed by atoms with Crippen molar-refractivity contribution in [1.29, 1.82) is 0 Å². The Hall–Kier alpha value is -2.59. The van der Waals surface area contributed by atoms with Crippen molar-refractivity contribution in [3.05, 3.63) is 77.4 Å². The van der Waals surface area contributed by atoms with E-state index < -0.39 is 5.97 Å². The van der Waals surface area contributed by atoms with E-state index in [1.54, 1.807) is 6.07 Å². The topological polar surface area (TPSA) is 60.8 Å². The third-order valence-corrected chi connectivity index (χ3v) is 6.47. The van der Waals surface area contributed by atoms with Gasteiger partial charge in [-0.15, -0.1) is 0 Å². The number of fused-ring (bicyclic) bond motifs is 2. The van der Waals surface area contributed by atoms with E-state index in [1.807, 2.05) is 24.3 Å². The molecule has 4 rings (SSSR count). The second kappa shape index (κ2) is 7.80. The highest BCUT2D eigenvalue weighted by molar-refractivity contribution is 5.82. The molecule has 2 aromatic rings. The number of nitrogens with zero attached hydrogens (tertiary/aromatic N) is 1. The van der Waals surface area contributed by atoms with E-state index in [0.717, 1.165) is 56.3 Å². The van der Waals surface area contributed by atoms with Crippen LogP contribution in [0.5, 0.6) is 5.75 Å². The minimum absolute atomic E-state index is 0.157. The lowest BCUT2D eigenvalue weighted by molar-refractivity contribution is -0.131. The van der Waals surface area contributed by atoms with E-state index >= 15 is 0 Å². The van der Waals surface area contributed by atoms with Gasteiger partial charge in [0, 0.05) is 24.1 Å². The van der Waals surface area contributed by atoms with E-state index in [0.29, 0.717) is 0 Å². The van der Waals surface area contributed by atoms with Gasteiger partial charge in [-0.1, -0.05) is 48.9 Å². The predicted octanol–water partition coefficient (Wildman–Crippen LogP) is 4.14. The molecule has 0 amide bonds. The summed E-state index contributed by atoms with van der Waals surface area (Å²) in [5.74, 6) is -0.633. The maximum atomic E-state index is 11.7. The van der Waals surface area contributed by atoms with Gasteiger partial charge in [-0.3, -0.25) is 4.90 Å². The highest BCUT2D eigenvalue weighted by Gasteiger charge is 2.47. The first-order chi connectivity index (χ1) is 13.6. The first kappa shape index (κ1) is 18.8. The lowest BCUT2D eigenvalue weighted by atomic mass is 9.60. The van der Waals surface area contributed by atoms with E-state index in [1.165, 1.54) is 11.6 Å². The van der Waals surface area contributed by atoms with Crippen molar-refractivity contribution < 1.29 is 15.0 Å². The average molecular weight is 377 g/mol. The van der Waals surface area contributed by atoms with Gasteiger partial charge in [0.25, 0.3) is 0 Å². The summed E-state index contributed by atoms with van der Waals surface area (Å²) in [5.41, 5.74) is 3.10. The number of benzene rings is 2. The molecule has 1 heterocycles. The molecular formula is C24H27NO3. The second-order valence-electron chi connectivity index (χ2n) is 8.00. The summed E-state index contributed by atoms with van der Waals surface area (Å²) < 4.78 is 0. The monoisotopic (exact) mass is 377 g/mol. The minimum atomic E-state index is -0.878. The Morgan fingerprint density at radius 2 is 1.96 bits per heavy atom. The van der Waals surface area contributed by atoms with Crippen LogP contribution >= 0.6 is 0 Å². The van der Waals surface area contributed by atoms with Crippen LogP contribution in [0, 0.1) is 0 Å². The number of carboxylic acids is 1. The van der Waals surface area contributed by atoms with Crippen LogP contribution in [0.15, 0.2) is 66.2 Å². The van der Waals surface area contributed by atoms with Crippen molar-refractivity contribution >= 4 is 5.97 Å². The van der Waals surface area contributed by atoms with Crippen LogP contribution in [0.1, 0.15) is 36.8 Å². The minimum Gasteiger partial charge on any atom is -0.508 e. The highest BCUT2D eigenvalue weighted by Crippen LogP contribution is 2.51. The largest absolute Gasteiger partial charge is 0.508 e. The SMILES string of the molecule is O=C(O)C=C1C2CCCC1(c1cccc(O)c1)CCN2CCc1ccccc1. The summed E-state index contributed by atoms with van der Waals surface area (Å²) in [5, 5.41) is 19.6. The number of likely N-dealkylation sites (tertiary alicyclic amines) is 1. The zero-order valence-corrected chi connectivity index (χ0v) is 16.1. The Balaban J connectivity index is 1.65. The molecule has 4 heteroatoms. The molecule has 2 aliphatic rings. The molecule has 2 unspecified atom stereocenters. The standard InChI is InChI=1S/C24H27NO3/c26-20-9-4-8-19(16-20)24-12-5-10-22(21(24)17-23(27)28)25(15-13-24)14-11-18-6-2-1-3-7-18/h1-4,6-9,16-17,22,26H,5,10-15H2,(H,27,28). The first-order valence-corrected chi connectivity index (χ1v) is 10.1. The molecular weight excluding hydrogens is 350 g/mol. The lowest BCUT2D eigenvalue weighted by Gasteiger charge is -2.53. The summed E-state index contributed by atoms with van der Waals surface area (Å²) in [4.78, 5) is 14.1. The van der Waals surface area contributed by atoms with Gasteiger partial charge in [0.1, 0.15) is 5.75 Å². The lowest BCUT2D eigenvalue weighted by Crippen LogP contribution is -2.54. The molecule has 2 atom stereocenters. The van der Waals surface area contributed by atoms with E-state index in [-0.39, 0.29) is 17.2 Å². The fourth-order valence-corrected chi connectivity index (χ4v) is 5.17. The van der Waals surface area contributed by atoms with Gasteiger partial charge in [-0.25, -0.2) is 4.79 Å². The van der Waals surface area contributed by atoms with Gasteiger partial charge in [0.15, 0.2) is 0 Å². The molecule has 2 N–H and O–H groups in total. The molecule has 0 aromatic heterocycles. The number of carboxylic acid groups (broad SMARTS) is 1. The third-order valence-electron chi connectivity index (χ3n) is 6.47. The Labute approximate surface area is 166 Å². The fraction of sp³-hybridized carbons (Fsp3) is 0.375. The normalized spacial score (nSPS) is 26.3. The van der Waals surface area contributed by atoms with E-state index in [4.69, 9.17) is 0 Å². The molecule has 1 saturated heterocycles. The third kappa shape index (κ3) is 3.57. The maximum absolute atomic E-state index is 11.7. The van der Waals surface area contributed by atoms with Crippen molar-refractivity contribution in [2.75, 3.05) is 13.1 Å². The number of rotatable bonds is 5. The Morgan fingerprint density at radius 3 is 2.71 bits per heavy atom. The number of phenolic OH excluding ortho intramolecular Hbond substituents is 1. The number of hydrogen-bond donors (Lipinski definition) is 2. The molecule has 2 aromatic carbocycles. The van der Waals surface area contributed by atoms with Crippen LogP contribution in [-0.2, 0) is 16.6 Å². The molecule has 0 spiro atoms. The van der Waals surface area contributed by atoms with Crippen molar-refractivity contribution in [2.45, 2.75) is 43.6 Å². The van der Waals surface area contributed by atoms with Crippen molar-refractivity contribution in [3.8, 4) is 5.75 Å². The summed E-state index contributed by atoms with van der Waals surface area (Å²) in [6.45, 7) is 1.88. The molecule has 2 fully saturated rings. The molecule has 4 nitrogen and oxygen atoms in total. The van der Waals surface area contributed by atoms with E-state index in [9.17, 15) is 15.0 Å². The van der Waals surface area contributed by atoms with Crippen LogP contribution < -0.4 is 0 Å². The molecule has 1 saturated carbocycles. The van der Waals surface area contributed by atoms with Crippen molar-refractivity contribution in [3.63, 3.8) is 0 Å². The Kier molecular flexibility index (Phi) is 5.23. The first-order valence-electron chi connectivity index (χ1n) is 10.1. The van der Waals surface area contributed by atoms with Crippen LogP contribution in [0.4, 0.5) is 0 Å². The maximum Gasteiger partial charge on any atom is 0.328 e. The number of piperidine rings is 1. The smallest absolute Gasteiger partial charge is 0.328 e. The fourth-order valence-electron chi connectivity index (χ4n) is 5.17. The number of aromatic hydroxyl groups is 1. The van der Waals surface area contributed by atoms with Crippen molar-refractivity contribution in [1.82, 2.24) is 4.90 Å². The van der Waals surface area contributed by atoms with Gasteiger partial charge in [-0.2, -0.15) is 0 Å². The van der Waals surface area contributed by atoms with Crippen LogP contribution in [0.3, 0.4) is 0 Å². The molecule has 1 aliphatic heterocycles. The Morgan fingerprint density at radius 1 is 1.14 bits per heavy atom. The van der Waals surface area contributed by atoms with Crippen LogP contribution in [0.25, 0.3) is 0 Å². The van der Waals surface area contributed by atoms with Gasteiger partial charge in [0.2, 0.25) is 0 Å². The van der Waals surface area contributed by atoms with Crippen LogP contribution in [0.2, 0.25) is 0 Å². The van der Waals surface area contributed by atoms with Gasteiger partial charge in [-0.05, 0) is 61.1 Å². The zero-order chi connectivity index (χ0) is 19.6. The van der Waals surface area contributed by atoms with Crippen molar-refractivity contribution in [2.24, 2.45) is 0 Å². The summed E-state index contributed by atoms with van der Waals surface area (Å²) in [6, 6.07) is 18.0. The summed E-state index contributed by atoms with van der Waals surface area (Å²) >= 11 is 0. The quantitative estimate of drug-likeness (QED) is 0.769. The molecule has 2 bridgehead atoms. The van der Waals surface area contributed by atoms with Gasteiger partial charge in [0.05, 0.1) is 0 Å².